The zero-order valence-electron chi connectivity index (χ0n) is 10.6. The Bertz CT molecular complexity index is 612. The molecule has 2 aromatic rings. The van der Waals surface area contributed by atoms with Crippen LogP contribution in [0.4, 0.5) is 5.82 Å². The van der Waals surface area contributed by atoms with Gasteiger partial charge in [0.2, 0.25) is 0 Å². The lowest BCUT2D eigenvalue weighted by Gasteiger charge is -2.19. The van der Waals surface area contributed by atoms with Crippen LogP contribution in [0.5, 0.6) is 0 Å². The van der Waals surface area contributed by atoms with Gasteiger partial charge >= 0.3 is 0 Å². The van der Waals surface area contributed by atoms with Crippen LogP contribution in [0.25, 0.3) is 10.9 Å². The number of aromatic nitrogens is 1. The first kappa shape index (κ1) is 12.1. The summed E-state index contributed by atoms with van der Waals surface area (Å²) in [7, 11) is 0. The number of rotatable bonds is 3. The van der Waals surface area contributed by atoms with Crippen molar-refractivity contribution in [2.75, 3.05) is 24.6 Å². The van der Waals surface area contributed by atoms with Crippen LogP contribution in [-0.2, 0) is 0 Å². The number of carbonyl (C=O) groups is 1. The number of nitrogens with zero attached hydrogens (tertiary/aromatic N) is 2. The van der Waals surface area contributed by atoms with Gasteiger partial charge in [-0.05, 0) is 18.6 Å². The average molecular weight is 256 g/mol. The number of fused-ring (bicyclic) bond motifs is 1. The van der Waals surface area contributed by atoms with E-state index < -0.39 is 0 Å². The van der Waals surface area contributed by atoms with Crippen molar-refractivity contribution in [3.63, 3.8) is 0 Å². The highest BCUT2D eigenvalue weighted by Crippen LogP contribution is 2.27. The molecular weight excluding hydrogens is 240 g/mol. The van der Waals surface area contributed by atoms with Crippen LogP contribution in [0.3, 0.4) is 0 Å². The Morgan fingerprint density at radius 3 is 3.00 bits per heavy atom. The first-order valence-corrected chi connectivity index (χ1v) is 6.52. The van der Waals surface area contributed by atoms with E-state index in [0.29, 0.717) is 5.56 Å². The third-order valence-electron chi connectivity index (χ3n) is 3.70. The van der Waals surface area contributed by atoms with Crippen molar-refractivity contribution >= 4 is 23.0 Å². The molecule has 0 saturated carbocycles. The molecule has 1 unspecified atom stereocenters. The Hall–Kier alpha value is -1.94. The second-order valence-electron chi connectivity index (χ2n) is 5.00. The Kier molecular flexibility index (Phi) is 3.17. The zero-order chi connectivity index (χ0) is 13.2. The van der Waals surface area contributed by atoms with Crippen LogP contribution in [0.2, 0.25) is 0 Å². The van der Waals surface area contributed by atoms with E-state index in [1.807, 2.05) is 30.3 Å². The van der Waals surface area contributed by atoms with Gasteiger partial charge in [-0.3, -0.25) is 4.79 Å². The largest absolute Gasteiger partial charge is 0.396 e. The van der Waals surface area contributed by atoms with E-state index in [1.54, 1.807) is 0 Å². The van der Waals surface area contributed by atoms with Crippen molar-refractivity contribution in [1.82, 2.24) is 4.98 Å². The van der Waals surface area contributed by atoms with E-state index in [0.717, 1.165) is 42.5 Å². The minimum Gasteiger partial charge on any atom is -0.396 e. The van der Waals surface area contributed by atoms with Crippen LogP contribution >= 0.6 is 0 Å². The molecule has 4 heteroatoms. The average Bonchev–Trinajstić information content (AvgIpc) is 2.94. The van der Waals surface area contributed by atoms with Gasteiger partial charge in [0.1, 0.15) is 5.82 Å². The van der Waals surface area contributed by atoms with Gasteiger partial charge in [-0.2, -0.15) is 0 Å². The highest BCUT2D eigenvalue weighted by Gasteiger charge is 2.24. The van der Waals surface area contributed by atoms with Crippen molar-refractivity contribution in [2.24, 2.45) is 5.92 Å². The Balaban J connectivity index is 2.04. The van der Waals surface area contributed by atoms with E-state index in [1.165, 1.54) is 0 Å². The number of aliphatic hydroxyl groups is 1. The van der Waals surface area contributed by atoms with E-state index in [-0.39, 0.29) is 12.5 Å². The predicted octanol–water partition coefficient (Wildman–Crippen LogP) is 1.87. The summed E-state index contributed by atoms with van der Waals surface area (Å²) >= 11 is 0. The quantitative estimate of drug-likeness (QED) is 0.852. The molecule has 4 nitrogen and oxygen atoms in total. The molecule has 19 heavy (non-hydrogen) atoms. The molecule has 1 saturated heterocycles. The van der Waals surface area contributed by atoms with Crippen LogP contribution in [0.15, 0.2) is 30.3 Å². The summed E-state index contributed by atoms with van der Waals surface area (Å²) in [5.41, 5.74) is 1.52. The van der Waals surface area contributed by atoms with Crippen molar-refractivity contribution in [3.8, 4) is 0 Å². The van der Waals surface area contributed by atoms with Gasteiger partial charge in [0.05, 0.1) is 11.1 Å². The van der Waals surface area contributed by atoms with Crippen LogP contribution in [0, 0.1) is 5.92 Å². The lowest BCUT2D eigenvalue weighted by molar-refractivity contribution is 0.112. The summed E-state index contributed by atoms with van der Waals surface area (Å²) in [5, 5.41) is 10.2. The third-order valence-corrected chi connectivity index (χ3v) is 3.70. The lowest BCUT2D eigenvalue weighted by atomic mass is 10.1. The number of anilines is 1. The predicted molar refractivity (Wildman–Crippen MR) is 74.5 cm³/mol. The smallest absolute Gasteiger partial charge is 0.153 e. The Morgan fingerprint density at radius 2 is 2.26 bits per heavy atom. The summed E-state index contributed by atoms with van der Waals surface area (Å²) in [5.74, 6) is 1.03. The summed E-state index contributed by atoms with van der Waals surface area (Å²) in [6.07, 6.45) is 1.81. The number of benzene rings is 1. The number of para-hydroxylation sites is 1. The molecule has 1 aliphatic rings. The van der Waals surface area contributed by atoms with Crippen molar-refractivity contribution < 1.29 is 9.90 Å². The molecule has 3 rings (SSSR count). The molecule has 0 amide bonds. The van der Waals surface area contributed by atoms with Gasteiger partial charge < -0.3 is 10.0 Å². The molecule has 1 fully saturated rings. The van der Waals surface area contributed by atoms with Gasteiger partial charge in [0, 0.05) is 31.0 Å². The molecule has 0 aliphatic carbocycles. The van der Waals surface area contributed by atoms with Gasteiger partial charge in [-0.1, -0.05) is 18.2 Å². The molecule has 1 aliphatic heterocycles. The van der Waals surface area contributed by atoms with Crippen molar-refractivity contribution in [2.45, 2.75) is 6.42 Å². The van der Waals surface area contributed by atoms with E-state index >= 15 is 0 Å². The topological polar surface area (TPSA) is 53.4 Å². The molecule has 1 aromatic heterocycles. The molecule has 0 bridgehead atoms. The van der Waals surface area contributed by atoms with Crippen LogP contribution in [-0.4, -0.2) is 36.1 Å². The number of pyridine rings is 1. The maximum atomic E-state index is 11.3. The van der Waals surface area contributed by atoms with E-state index in [4.69, 9.17) is 0 Å². The molecule has 1 atom stereocenters. The Morgan fingerprint density at radius 1 is 1.42 bits per heavy atom. The molecule has 0 radical (unpaired) electrons. The SMILES string of the molecule is O=Cc1cc2ccccc2nc1N1CCC(CO)C1. The van der Waals surface area contributed by atoms with Crippen LogP contribution in [0.1, 0.15) is 16.8 Å². The lowest BCUT2D eigenvalue weighted by Crippen LogP contribution is -2.23. The summed E-state index contributed by atoms with van der Waals surface area (Å²) in [6, 6.07) is 9.68. The standard InChI is InChI=1S/C15H16N2O2/c18-9-11-5-6-17(8-11)15-13(10-19)7-12-3-1-2-4-14(12)16-15/h1-4,7,10-11,18H,5-6,8-9H2. The maximum absolute atomic E-state index is 11.3. The number of carbonyl (C=O) groups excluding carboxylic acids is 1. The minimum atomic E-state index is 0.195. The second-order valence-corrected chi connectivity index (χ2v) is 5.00. The fraction of sp³-hybridized carbons (Fsp3) is 0.333. The summed E-state index contributed by atoms with van der Waals surface area (Å²) in [6.45, 7) is 1.81. The molecule has 98 valence electrons. The summed E-state index contributed by atoms with van der Waals surface area (Å²) < 4.78 is 0. The van der Waals surface area contributed by atoms with Gasteiger partial charge in [0.25, 0.3) is 0 Å². The molecular formula is C15H16N2O2. The van der Waals surface area contributed by atoms with Gasteiger partial charge in [0.15, 0.2) is 6.29 Å². The minimum absolute atomic E-state index is 0.195. The van der Waals surface area contributed by atoms with E-state index in [2.05, 4.69) is 9.88 Å². The van der Waals surface area contributed by atoms with Crippen molar-refractivity contribution in [3.05, 3.63) is 35.9 Å². The first-order valence-electron chi connectivity index (χ1n) is 6.52. The molecule has 0 spiro atoms. The van der Waals surface area contributed by atoms with Crippen LogP contribution < -0.4 is 4.90 Å². The number of hydrogen-bond acceptors (Lipinski definition) is 4. The normalized spacial score (nSPS) is 19.0. The van der Waals surface area contributed by atoms with Gasteiger partial charge in [-0.25, -0.2) is 4.98 Å². The fourth-order valence-electron chi connectivity index (χ4n) is 2.64. The maximum Gasteiger partial charge on any atom is 0.153 e. The fourth-order valence-corrected chi connectivity index (χ4v) is 2.64. The number of aliphatic hydroxyl groups excluding tert-OH is 1. The Labute approximate surface area is 111 Å². The van der Waals surface area contributed by atoms with Crippen molar-refractivity contribution in [1.29, 1.82) is 0 Å². The molecule has 2 heterocycles. The summed E-state index contributed by atoms with van der Waals surface area (Å²) in [4.78, 5) is 18.0. The molecule has 1 N–H and O–H groups in total. The zero-order valence-corrected chi connectivity index (χ0v) is 10.6. The second kappa shape index (κ2) is 4.97. The number of hydrogen-bond donors (Lipinski definition) is 1. The van der Waals surface area contributed by atoms with E-state index in [9.17, 15) is 9.90 Å². The number of aldehydes is 1. The monoisotopic (exact) mass is 256 g/mol. The first-order chi connectivity index (χ1) is 9.31. The van der Waals surface area contributed by atoms with Gasteiger partial charge in [-0.15, -0.1) is 0 Å². The highest BCUT2D eigenvalue weighted by molar-refractivity contribution is 5.91. The highest BCUT2D eigenvalue weighted by atomic mass is 16.3. The molecule has 1 aromatic carbocycles. The third kappa shape index (κ3) is 2.19.